The monoisotopic (exact) mass is 822 g/mol. The van der Waals surface area contributed by atoms with Crippen LogP contribution in [0.15, 0.2) is 249 Å². The molecule has 0 unspecified atom stereocenters. The van der Waals surface area contributed by atoms with Crippen LogP contribution in [0.5, 0.6) is 0 Å². The molecule has 0 saturated heterocycles. The van der Waals surface area contributed by atoms with Gasteiger partial charge in [-0.2, -0.15) is 0 Å². The van der Waals surface area contributed by atoms with E-state index in [0.29, 0.717) is 0 Å². The van der Waals surface area contributed by atoms with Crippen molar-refractivity contribution in [3.05, 3.63) is 288 Å². The van der Waals surface area contributed by atoms with Crippen molar-refractivity contribution in [3.8, 4) is 55.6 Å². The molecule has 0 nitrogen and oxygen atoms in total. The van der Waals surface area contributed by atoms with Crippen LogP contribution in [-0.2, 0) is 5.41 Å². The number of hydrogen-bond donors (Lipinski definition) is 0. The van der Waals surface area contributed by atoms with Crippen LogP contribution in [0.1, 0.15) is 38.9 Å². The van der Waals surface area contributed by atoms with Crippen LogP contribution in [0.3, 0.4) is 0 Å². The van der Waals surface area contributed by atoms with Crippen molar-refractivity contribution in [2.24, 2.45) is 0 Å². The summed E-state index contributed by atoms with van der Waals surface area (Å²) in [6.45, 7) is 0. The number of hydrogen-bond acceptors (Lipinski definition) is 0. The summed E-state index contributed by atoms with van der Waals surface area (Å²) >= 11 is 0. The van der Waals surface area contributed by atoms with Crippen molar-refractivity contribution in [2.45, 2.75) is 5.41 Å². The van der Waals surface area contributed by atoms with Gasteiger partial charge < -0.3 is 0 Å². The van der Waals surface area contributed by atoms with Gasteiger partial charge in [0.15, 0.2) is 0 Å². The maximum atomic E-state index is 2.52. The molecular weight excluding hydrogens is 781 g/mol. The van der Waals surface area contributed by atoms with Gasteiger partial charge in [-0.3, -0.25) is 0 Å². The van der Waals surface area contributed by atoms with Gasteiger partial charge in [0, 0.05) is 0 Å². The Morgan fingerprint density at radius 3 is 1.17 bits per heavy atom. The standard InChI is InChI=1S/C65H42/c1-3-19-44(20-4-1)58(45-21-5-2-6-22-45)41-43-35-37-46(38-36-43)63-54-28-9-11-30-56(54)64(57-31-12-10-29-55(57)63)53-27-8-7-23-48(53)47-39-40-52-51-26-15-18-34-61(51)65(62(52)42-47)59-32-16-13-24-49(59)50-25-14-17-33-60(50)65/h1-42H. The molecule has 11 aromatic rings. The van der Waals surface area contributed by atoms with Crippen LogP contribution in [-0.4, -0.2) is 0 Å². The van der Waals surface area contributed by atoms with Gasteiger partial charge >= 0.3 is 0 Å². The van der Waals surface area contributed by atoms with Crippen LogP contribution >= 0.6 is 0 Å². The summed E-state index contributed by atoms with van der Waals surface area (Å²) in [5, 5.41) is 4.99. The van der Waals surface area contributed by atoms with Crippen molar-refractivity contribution < 1.29 is 0 Å². The molecule has 0 amide bonds. The zero-order valence-electron chi connectivity index (χ0n) is 35.7. The highest BCUT2D eigenvalue weighted by molar-refractivity contribution is 6.22. The number of rotatable bonds is 6. The normalized spacial score (nSPS) is 12.7. The van der Waals surface area contributed by atoms with E-state index in [2.05, 4.69) is 255 Å². The summed E-state index contributed by atoms with van der Waals surface area (Å²) in [6, 6.07) is 92.1. The average molecular weight is 823 g/mol. The zero-order chi connectivity index (χ0) is 42.9. The minimum atomic E-state index is -0.402. The van der Waals surface area contributed by atoms with Gasteiger partial charge in [-0.25, -0.2) is 0 Å². The van der Waals surface area contributed by atoms with E-state index < -0.39 is 5.41 Å². The molecule has 2 aliphatic rings. The molecule has 0 radical (unpaired) electrons. The smallest absolute Gasteiger partial charge is 0.0622 e. The average Bonchev–Trinajstić information content (AvgIpc) is 3.85. The van der Waals surface area contributed by atoms with Gasteiger partial charge in [0.1, 0.15) is 0 Å². The van der Waals surface area contributed by atoms with Crippen molar-refractivity contribution in [2.75, 3.05) is 0 Å². The first kappa shape index (κ1) is 37.3. The number of benzene rings is 11. The van der Waals surface area contributed by atoms with Gasteiger partial charge in [-0.15, -0.1) is 0 Å². The predicted octanol–water partition coefficient (Wildman–Crippen LogP) is 16.9. The fourth-order valence-corrected chi connectivity index (χ4v) is 11.4. The van der Waals surface area contributed by atoms with Crippen LogP contribution in [0.25, 0.3) is 88.8 Å². The molecule has 0 atom stereocenters. The maximum absolute atomic E-state index is 2.52. The van der Waals surface area contributed by atoms with Crippen LogP contribution in [0, 0.1) is 0 Å². The van der Waals surface area contributed by atoms with Crippen LogP contribution < -0.4 is 0 Å². The molecule has 0 N–H and O–H groups in total. The lowest BCUT2D eigenvalue weighted by Crippen LogP contribution is -2.25. The van der Waals surface area contributed by atoms with Crippen molar-refractivity contribution in [3.63, 3.8) is 0 Å². The Bertz CT molecular complexity index is 3520. The molecule has 2 aliphatic carbocycles. The summed E-state index contributed by atoms with van der Waals surface area (Å²) in [5.74, 6) is 0. The lowest BCUT2D eigenvalue weighted by Gasteiger charge is -2.30. The highest BCUT2D eigenvalue weighted by atomic mass is 14.5. The second kappa shape index (κ2) is 14.9. The predicted molar refractivity (Wildman–Crippen MR) is 274 cm³/mol. The second-order valence-electron chi connectivity index (χ2n) is 17.4. The quantitative estimate of drug-likeness (QED) is 0.116. The highest BCUT2D eigenvalue weighted by Crippen LogP contribution is 2.63. The minimum absolute atomic E-state index is 0.402. The summed E-state index contributed by atoms with van der Waals surface area (Å²) in [6.07, 6.45) is 2.31. The molecule has 1 spiro atoms. The lowest BCUT2D eigenvalue weighted by atomic mass is 9.70. The fraction of sp³-hybridized carbons (Fsp3) is 0.0154. The Morgan fingerprint density at radius 2 is 0.662 bits per heavy atom. The fourth-order valence-electron chi connectivity index (χ4n) is 11.4. The molecule has 0 saturated carbocycles. The highest BCUT2D eigenvalue weighted by Gasteiger charge is 2.51. The Hall–Kier alpha value is -8.32. The largest absolute Gasteiger partial charge is 0.0725 e. The molecule has 0 fully saturated rings. The molecule has 0 bridgehead atoms. The van der Waals surface area contributed by atoms with E-state index in [0.717, 1.165) is 0 Å². The third-order valence-corrected chi connectivity index (χ3v) is 14.1. The zero-order valence-corrected chi connectivity index (χ0v) is 35.7. The van der Waals surface area contributed by atoms with Gasteiger partial charge in [0.25, 0.3) is 0 Å². The summed E-state index contributed by atoms with van der Waals surface area (Å²) in [5.41, 5.74) is 22.5. The molecule has 13 rings (SSSR count). The maximum Gasteiger partial charge on any atom is 0.0725 e. The summed E-state index contributed by atoms with van der Waals surface area (Å²) in [4.78, 5) is 0. The molecule has 0 heterocycles. The Morgan fingerprint density at radius 1 is 0.277 bits per heavy atom. The first-order valence-corrected chi connectivity index (χ1v) is 22.7. The Labute approximate surface area is 380 Å². The van der Waals surface area contributed by atoms with E-state index in [1.807, 2.05) is 0 Å². The Kier molecular flexibility index (Phi) is 8.54. The second-order valence-corrected chi connectivity index (χ2v) is 17.4. The van der Waals surface area contributed by atoms with Crippen molar-refractivity contribution in [1.82, 2.24) is 0 Å². The molecule has 302 valence electrons. The van der Waals surface area contributed by atoms with Gasteiger partial charge in [-0.05, 0) is 134 Å². The first-order valence-electron chi connectivity index (χ1n) is 22.7. The molecule has 0 aromatic heterocycles. The van der Waals surface area contributed by atoms with E-state index in [9.17, 15) is 0 Å². The molecule has 11 aromatic carbocycles. The molecule has 0 aliphatic heterocycles. The minimum Gasteiger partial charge on any atom is -0.0622 e. The van der Waals surface area contributed by atoms with E-state index in [1.165, 1.54) is 122 Å². The summed E-state index contributed by atoms with van der Waals surface area (Å²) in [7, 11) is 0. The van der Waals surface area contributed by atoms with Crippen LogP contribution in [0.2, 0.25) is 0 Å². The summed E-state index contributed by atoms with van der Waals surface area (Å²) < 4.78 is 0. The van der Waals surface area contributed by atoms with Crippen molar-refractivity contribution in [1.29, 1.82) is 0 Å². The van der Waals surface area contributed by atoms with Crippen molar-refractivity contribution >= 4 is 33.2 Å². The van der Waals surface area contributed by atoms with Gasteiger partial charge in [0.2, 0.25) is 0 Å². The molecular formula is C65H42. The van der Waals surface area contributed by atoms with Crippen LogP contribution in [0.4, 0.5) is 0 Å². The lowest BCUT2D eigenvalue weighted by molar-refractivity contribution is 0.794. The molecule has 65 heavy (non-hydrogen) atoms. The van der Waals surface area contributed by atoms with E-state index in [4.69, 9.17) is 0 Å². The van der Waals surface area contributed by atoms with E-state index >= 15 is 0 Å². The topological polar surface area (TPSA) is 0 Å². The van der Waals surface area contributed by atoms with Gasteiger partial charge in [0.05, 0.1) is 5.41 Å². The first-order chi connectivity index (χ1) is 32.3. The number of fused-ring (bicyclic) bond motifs is 12. The van der Waals surface area contributed by atoms with E-state index in [1.54, 1.807) is 0 Å². The van der Waals surface area contributed by atoms with E-state index in [-0.39, 0.29) is 0 Å². The third kappa shape index (κ3) is 5.64. The third-order valence-electron chi connectivity index (χ3n) is 14.1. The van der Waals surface area contributed by atoms with Gasteiger partial charge in [-0.1, -0.05) is 243 Å². The SMILES string of the molecule is C(=C(c1ccccc1)c1ccccc1)c1ccc(-c2c3ccccc3c(-c3ccccc3-c3ccc4c(c3)C3(c5ccccc5-c5ccccc53)c3ccccc3-4)c3ccccc23)cc1. The molecule has 0 heteroatoms. The Balaban J connectivity index is 0.983.